The maximum atomic E-state index is 12.0. The van der Waals surface area contributed by atoms with Gasteiger partial charge in [0.15, 0.2) is 0 Å². The molecule has 0 aliphatic rings. The minimum atomic E-state index is -0.609. The summed E-state index contributed by atoms with van der Waals surface area (Å²) in [6, 6.07) is 6.20. The average molecular weight is 316 g/mol. The molecule has 0 unspecified atom stereocenters. The average Bonchev–Trinajstić information content (AvgIpc) is 2.44. The quantitative estimate of drug-likeness (QED) is 0.369. The van der Waals surface area contributed by atoms with Gasteiger partial charge in [-0.2, -0.15) is 0 Å². The highest BCUT2D eigenvalue weighted by atomic mass is 16.6. The fraction of sp³-hybridized carbons (Fsp3) is 0.353. The van der Waals surface area contributed by atoms with Crippen LogP contribution in [0.1, 0.15) is 26.3 Å². The Kier molecular flexibility index (Phi) is 6.34. The smallest absolute Gasteiger partial charge is 0.411 e. The number of carbonyl (C=O) groups excluding carboxylic acids is 1. The normalized spacial score (nSPS) is 10.2. The molecule has 0 saturated heterocycles. The zero-order valence-corrected chi connectivity index (χ0v) is 13.5. The molecular formula is C17H20N2O4. The number of nitrogens with zero attached hydrogens (tertiary/aromatic N) is 2. The molecule has 0 N–H and O–H groups in total. The van der Waals surface area contributed by atoms with Crippen LogP contribution in [0.15, 0.2) is 36.9 Å². The Balaban J connectivity index is 2.87. The summed E-state index contributed by atoms with van der Waals surface area (Å²) < 4.78 is 5.28. The molecule has 0 heterocycles. The number of para-hydroxylation sites is 1. The van der Waals surface area contributed by atoms with Gasteiger partial charge in [0.25, 0.3) is 5.69 Å². The first kappa shape index (κ1) is 18.2. The van der Waals surface area contributed by atoms with Crippen molar-refractivity contribution in [1.82, 2.24) is 4.90 Å². The van der Waals surface area contributed by atoms with E-state index < -0.39 is 16.6 Å². The lowest BCUT2D eigenvalue weighted by molar-refractivity contribution is -0.385. The van der Waals surface area contributed by atoms with Crippen molar-refractivity contribution in [3.05, 3.63) is 52.6 Å². The lowest BCUT2D eigenvalue weighted by atomic mass is 10.2. The Labute approximate surface area is 135 Å². The largest absolute Gasteiger partial charge is 0.444 e. The van der Waals surface area contributed by atoms with Crippen LogP contribution in [0.2, 0.25) is 0 Å². The van der Waals surface area contributed by atoms with E-state index in [0.29, 0.717) is 5.56 Å². The Morgan fingerprint density at radius 1 is 1.43 bits per heavy atom. The van der Waals surface area contributed by atoms with Crippen molar-refractivity contribution in [2.24, 2.45) is 0 Å². The zero-order valence-electron chi connectivity index (χ0n) is 13.5. The molecule has 1 amide bonds. The van der Waals surface area contributed by atoms with Crippen molar-refractivity contribution >= 4 is 11.8 Å². The van der Waals surface area contributed by atoms with Crippen LogP contribution in [0.25, 0.3) is 0 Å². The van der Waals surface area contributed by atoms with Crippen LogP contribution < -0.4 is 0 Å². The summed E-state index contributed by atoms with van der Waals surface area (Å²) in [5.41, 5.74) is -0.366. The summed E-state index contributed by atoms with van der Waals surface area (Å²) in [5.74, 6) is 5.50. The fourth-order valence-corrected chi connectivity index (χ4v) is 1.65. The van der Waals surface area contributed by atoms with E-state index in [-0.39, 0.29) is 18.8 Å². The number of benzene rings is 1. The Hall–Kier alpha value is -2.81. The van der Waals surface area contributed by atoms with Gasteiger partial charge in [-0.25, -0.2) is 4.79 Å². The van der Waals surface area contributed by atoms with Crippen molar-refractivity contribution < 1.29 is 14.5 Å². The molecular weight excluding hydrogens is 296 g/mol. The third-order valence-electron chi connectivity index (χ3n) is 2.59. The van der Waals surface area contributed by atoms with Crippen molar-refractivity contribution in [2.45, 2.75) is 26.4 Å². The monoisotopic (exact) mass is 316 g/mol. The SMILES string of the molecule is C=CCN(CC#Cc1ccccc1[N+](=O)[O-])C(=O)OC(C)(C)C. The first-order valence-electron chi connectivity index (χ1n) is 7.05. The van der Waals surface area contributed by atoms with Crippen molar-refractivity contribution in [3.8, 4) is 11.8 Å². The molecule has 1 aromatic rings. The van der Waals surface area contributed by atoms with Crippen LogP contribution in [-0.2, 0) is 4.74 Å². The predicted molar refractivity (Wildman–Crippen MR) is 88.0 cm³/mol. The molecule has 1 rings (SSSR count). The van der Waals surface area contributed by atoms with Gasteiger partial charge in [0.2, 0.25) is 0 Å². The third-order valence-corrected chi connectivity index (χ3v) is 2.59. The van der Waals surface area contributed by atoms with E-state index in [1.54, 1.807) is 45.0 Å². The number of ether oxygens (including phenoxy) is 1. The number of hydrogen-bond acceptors (Lipinski definition) is 4. The van der Waals surface area contributed by atoms with E-state index in [0.717, 1.165) is 0 Å². The molecule has 0 aliphatic heterocycles. The Morgan fingerprint density at radius 3 is 2.65 bits per heavy atom. The van der Waals surface area contributed by atoms with Gasteiger partial charge in [-0.3, -0.25) is 15.0 Å². The van der Waals surface area contributed by atoms with Gasteiger partial charge in [-0.1, -0.05) is 30.0 Å². The molecule has 0 spiro atoms. The van der Waals surface area contributed by atoms with Crippen LogP contribution in [0.5, 0.6) is 0 Å². The van der Waals surface area contributed by atoms with Gasteiger partial charge in [-0.05, 0) is 26.8 Å². The molecule has 0 fully saturated rings. The number of nitro benzene ring substituents is 1. The minimum Gasteiger partial charge on any atom is -0.444 e. The highest BCUT2D eigenvalue weighted by Gasteiger charge is 2.20. The van der Waals surface area contributed by atoms with Crippen LogP contribution >= 0.6 is 0 Å². The minimum absolute atomic E-state index is 0.0625. The van der Waals surface area contributed by atoms with Gasteiger partial charge in [0.05, 0.1) is 11.5 Å². The molecule has 6 heteroatoms. The van der Waals surface area contributed by atoms with E-state index in [2.05, 4.69) is 18.4 Å². The highest BCUT2D eigenvalue weighted by molar-refractivity contribution is 5.68. The first-order valence-corrected chi connectivity index (χ1v) is 7.05. The van der Waals surface area contributed by atoms with Gasteiger partial charge < -0.3 is 4.74 Å². The maximum absolute atomic E-state index is 12.0. The summed E-state index contributed by atoms with van der Waals surface area (Å²) in [6.45, 7) is 9.29. The lowest BCUT2D eigenvalue weighted by Crippen LogP contribution is -2.37. The topological polar surface area (TPSA) is 72.7 Å². The van der Waals surface area contributed by atoms with Crippen molar-refractivity contribution in [1.29, 1.82) is 0 Å². The van der Waals surface area contributed by atoms with Crippen LogP contribution in [0, 0.1) is 22.0 Å². The van der Waals surface area contributed by atoms with Crippen LogP contribution in [-0.4, -0.2) is 34.6 Å². The molecule has 0 bridgehead atoms. The van der Waals surface area contributed by atoms with Crippen LogP contribution in [0.3, 0.4) is 0 Å². The highest BCUT2D eigenvalue weighted by Crippen LogP contribution is 2.16. The summed E-state index contributed by atoms with van der Waals surface area (Å²) in [4.78, 5) is 23.9. The van der Waals surface area contributed by atoms with Crippen molar-refractivity contribution in [3.63, 3.8) is 0 Å². The number of amides is 1. The second-order valence-corrected chi connectivity index (χ2v) is 5.73. The number of rotatable bonds is 4. The zero-order chi connectivity index (χ0) is 17.5. The molecule has 6 nitrogen and oxygen atoms in total. The van der Waals surface area contributed by atoms with Gasteiger partial charge in [0, 0.05) is 12.6 Å². The lowest BCUT2D eigenvalue weighted by Gasteiger charge is -2.25. The van der Waals surface area contributed by atoms with E-state index in [4.69, 9.17) is 4.74 Å². The van der Waals surface area contributed by atoms with E-state index in [1.807, 2.05) is 0 Å². The predicted octanol–water partition coefficient (Wildman–Crippen LogP) is 3.37. The number of hydrogen-bond donors (Lipinski definition) is 0. The maximum Gasteiger partial charge on any atom is 0.411 e. The standard InChI is InChI=1S/C17H20N2O4/c1-5-12-18(16(20)23-17(2,3)4)13-8-10-14-9-6-7-11-15(14)19(21)22/h5-7,9,11H,1,12-13H2,2-4H3. The van der Waals surface area contributed by atoms with E-state index in [1.165, 1.54) is 11.0 Å². The Bertz CT molecular complexity index is 651. The van der Waals surface area contributed by atoms with E-state index >= 15 is 0 Å². The number of nitro groups is 1. The Morgan fingerprint density at radius 2 is 2.09 bits per heavy atom. The molecule has 23 heavy (non-hydrogen) atoms. The summed E-state index contributed by atoms with van der Waals surface area (Å²) >= 11 is 0. The summed E-state index contributed by atoms with van der Waals surface area (Å²) in [5, 5.41) is 10.9. The van der Waals surface area contributed by atoms with Crippen LogP contribution in [0.4, 0.5) is 10.5 Å². The molecule has 1 aromatic carbocycles. The van der Waals surface area contributed by atoms with Crippen molar-refractivity contribution in [2.75, 3.05) is 13.1 Å². The molecule has 0 atom stereocenters. The molecule has 0 aliphatic carbocycles. The first-order chi connectivity index (χ1) is 10.7. The van der Waals surface area contributed by atoms with E-state index in [9.17, 15) is 14.9 Å². The molecule has 0 radical (unpaired) electrons. The summed E-state index contributed by atoms with van der Waals surface area (Å²) in [7, 11) is 0. The second-order valence-electron chi connectivity index (χ2n) is 5.73. The molecule has 122 valence electrons. The summed E-state index contributed by atoms with van der Waals surface area (Å²) in [6.07, 6.45) is 1.06. The van der Waals surface area contributed by atoms with Gasteiger partial charge in [0.1, 0.15) is 11.2 Å². The fourth-order valence-electron chi connectivity index (χ4n) is 1.65. The number of carbonyl (C=O) groups is 1. The van der Waals surface area contributed by atoms with Gasteiger partial charge >= 0.3 is 6.09 Å². The third kappa shape index (κ3) is 6.22. The van der Waals surface area contributed by atoms with Gasteiger partial charge in [-0.15, -0.1) is 6.58 Å². The second kappa shape index (κ2) is 7.99. The molecule has 0 saturated carbocycles. The molecule has 0 aromatic heterocycles.